The summed E-state index contributed by atoms with van der Waals surface area (Å²) in [6, 6.07) is 14.6. The number of rotatable bonds is 7. The maximum Gasteiger partial charge on any atom is 0.416 e. The third-order valence-corrected chi connectivity index (χ3v) is 5.32. The zero-order valence-electron chi connectivity index (χ0n) is 17.8. The molecule has 184 valence electrons. The van der Waals surface area contributed by atoms with Gasteiger partial charge in [-0.3, -0.25) is 4.79 Å². The highest BCUT2D eigenvalue weighted by atomic mass is 35.5. The first-order valence-electron chi connectivity index (χ1n) is 10.2. The third kappa shape index (κ3) is 5.21. The minimum atomic E-state index is -4.91. The van der Waals surface area contributed by atoms with Crippen LogP contribution in [0.4, 0.5) is 13.2 Å². The Morgan fingerprint density at radius 3 is 2.40 bits per heavy atom. The zero-order chi connectivity index (χ0) is 25.3. The topological polar surface area (TPSA) is 133 Å². The molecule has 2 atom stereocenters. The number of β-amino-alcohol motifs (C(OH)–C–C–N with tert-alkyl or cyclic N) is 1. The number of carbonyl (C=O) groups is 1. The van der Waals surface area contributed by atoms with Gasteiger partial charge in [0.1, 0.15) is 6.54 Å². The average Bonchev–Trinajstić information content (AvgIpc) is 3.37. The number of nitrogens with zero attached hydrogens (tertiary/aromatic N) is 6. The van der Waals surface area contributed by atoms with Crippen molar-refractivity contribution >= 4 is 23.3 Å². The van der Waals surface area contributed by atoms with Crippen LogP contribution in [0.1, 0.15) is 22.0 Å². The lowest BCUT2D eigenvalue weighted by Crippen LogP contribution is -2.49. The van der Waals surface area contributed by atoms with Gasteiger partial charge in [-0.1, -0.05) is 29.8 Å². The van der Waals surface area contributed by atoms with Gasteiger partial charge in [0.15, 0.2) is 17.8 Å². The Labute approximate surface area is 201 Å². The summed E-state index contributed by atoms with van der Waals surface area (Å²) in [6.07, 6.45) is -9.35. The number of aromatic nitrogens is 3. The zero-order valence-corrected chi connectivity index (χ0v) is 18.6. The number of hydrogen-bond donors (Lipinski definition) is 3. The first kappa shape index (κ1) is 24.4. The van der Waals surface area contributed by atoms with Gasteiger partial charge in [-0.05, 0) is 36.4 Å². The fourth-order valence-electron chi connectivity index (χ4n) is 3.39. The number of primary amides is 1. The third-order valence-electron chi connectivity index (χ3n) is 5.07. The van der Waals surface area contributed by atoms with Crippen LogP contribution < -0.4 is 5.73 Å². The molecule has 3 aromatic rings. The van der Waals surface area contributed by atoms with E-state index in [0.717, 1.165) is 9.91 Å². The van der Waals surface area contributed by atoms with Gasteiger partial charge in [-0.2, -0.15) is 18.3 Å². The molecule has 0 fully saturated rings. The van der Waals surface area contributed by atoms with Crippen LogP contribution in [0.25, 0.3) is 5.69 Å². The van der Waals surface area contributed by atoms with Crippen molar-refractivity contribution in [3.63, 3.8) is 0 Å². The van der Waals surface area contributed by atoms with Crippen LogP contribution in [-0.2, 0) is 6.54 Å². The number of nitrogens with two attached hydrogens (primary N) is 1. The summed E-state index contributed by atoms with van der Waals surface area (Å²) in [5.74, 6) is -1.03. The highest BCUT2D eigenvalue weighted by molar-refractivity contribution is 6.30. The maximum atomic E-state index is 13.0. The standard InChI is InChI=1S/C21H19ClF3N7O3/c22-13-8-6-12(7-9-13)18-29-31(20(35)30(18)10-15(33)21(23,24)25)11-16-27-19(17(26)34)32(28-16)14-4-2-1-3-5-14/h1-9,15,20,33,35H,10-11H2,(H2,26,34)/t15-,20?/m0/s1. The summed E-state index contributed by atoms with van der Waals surface area (Å²) in [6.45, 7) is -1.27. The van der Waals surface area contributed by atoms with E-state index in [1.807, 2.05) is 0 Å². The number of aliphatic hydroxyl groups excluding tert-OH is 2. The monoisotopic (exact) mass is 509 g/mol. The van der Waals surface area contributed by atoms with Gasteiger partial charge >= 0.3 is 6.18 Å². The first-order chi connectivity index (χ1) is 16.5. The molecular formula is C21H19ClF3N7O3. The quantitative estimate of drug-likeness (QED) is 0.441. The number of para-hydroxylation sites is 1. The average molecular weight is 510 g/mol. The molecule has 1 aromatic heterocycles. The van der Waals surface area contributed by atoms with Crippen molar-refractivity contribution < 1.29 is 28.2 Å². The smallest absolute Gasteiger partial charge is 0.382 e. The minimum Gasteiger partial charge on any atom is -0.382 e. The van der Waals surface area contributed by atoms with Gasteiger partial charge in [0.05, 0.1) is 12.2 Å². The van der Waals surface area contributed by atoms with Crippen LogP contribution in [-0.4, -0.2) is 71.8 Å². The molecule has 10 nitrogen and oxygen atoms in total. The highest BCUT2D eigenvalue weighted by Gasteiger charge is 2.43. The molecule has 1 unspecified atom stereocenters. The minimum absolute atomic E-state index is 0.0270. The molecule has 0 radical (unpaired) electrons. The van der Waals surface area contributed by atoms with Crippen LogP contribution in [0.5, 0.6) is 0 Å². The van der Waals surface area contributed by atoms with E-state index in [-0.39, 0.29) is 24.0 Å². The van der Waals surface area contributed by atoms with E-state index >= 15 is 0 Å². The predicted octanol–water partition coefficient (Wildman–Crippen LogP) is 1.70. The first-order valence-corrected chi connectivity index (χ1v) is 10.5. The summed E-state index contributed by atoms with van der Waals surface area (Å²) in [4.78, 5) is 16.9. The van der Waals surface area contributed by atoms with E-state index < -0.39 is 31.1 Å². The molecule has 0 aliphatic carbocycles. The molecule has 1 amide bonds. The Kier molecular flexibility index (Phi) is 6.65. The maximum absolute atomic E-state index is 13.0. The van der Waals surface area contributed by atoms with Gasteiger partial charge in [0.2, 0.25) is 12.2 Å². The molecule has 1 aliphatic heterocycles. The largest absolute Gasteiger partial charge is 0.416 e. The van der Waals surface area contributed by atoms with Gasteiger partial charge in [-0.15, -0.1) is 5.10 Å². The van der Waals surface area contributed by atoms with Crippen LogP contribution in [0.2, 0.25) is 5.02 Å². The Morgan fingerprint density at radius 2 is 1.80 bits per heavy atom. The second-order valence-corrected chi connectivity index (χ2v) is 7.98. The highest BCUT2D eigenvalue weighted by Crippen LogP contribution is 2.27. The van der Waals surface area contributed by atoms with E-state index in [4.69, 9.17) is 17.3 Å². The summed E-state index contributed by atoms with van der Waals surface area (Å²) in [7, 11) is 0. The summed E-state index contributed by atoms with van der Waals surface area (Å²) in [5.41, 5.74) is 6.28. The number of amidine groups is 1. The second-order valence-electron chi connectivity index (χ2n) is 7.55. The predicted molar refractivity (Wildman–Crippen MR) is 118 cm³/mol. The molecule has 4 N–H and O–H groups in total. The second kappa shape index (κ2) is 9.52. The molecule has 0 spiro atoms. The normalized spacial score (nSPS) is 17.0. The summed E-state index contributed by atoms with van der Waals surface area (Å²) >= 11 is 5.90. The Hall–Kier alpha value is -3.68. The molecule has 35 heavy (non-hydrogen) atoms. The number of hydrazone groups is 1. The van der Waals surface area contributed by atoms with E-state index in [1.54, 1.807) is 30.3 Å². The van der Waals surface area contributed by atoms with Gasteiger partial charge in [-0.25, -0.2) is 14.7 Å². The van der Waals surface area contributed by atoms with Crippen molar-refractivity contribution in [2.24, 2.45) is 10.8 Å². The van der Waals surface area contributed by atoms with Crippen molar-refractivity contribution in [2.45, 2.75) is 25.2 Å². The molecule has 2 heterocycles. The fraction of sp³-hybridized carbons (Fsp3) is 0.238. The van der Waals surface area contributed by atoms with Crippen LogP contribution >= 0.6 is 11.6 Å². The van der Waals surface area contributed by atoms with Gasteiger partial charge < -0.3 is 20.8 Å². The van der Waals surface area contributed by atoms with Crippen molar-refractivity contribution in [1.29, 1.82) is 0 Å². The number of benzene rings is 2. The van der Waals surface area contributed by atoms with Crippen molar-refractivity contribution in [2.75, 3.05) is 6.54 Å². The van der Waals surface area contributed by atoms with Crippen molar-refractivity contribution in [1.82, 2.24) is 24.7 Å². The number of carbonyl (C=O) groups excluding carboxylic acids is 1. The number of amides is 1. The van der Waals surface area contributed by atoms with Crippen LogP contribution in [0, 0.1) is 0 Å². The molecule has 0 saturated carbocycles. The van der Waals surface area contributed by atoms with Gasteiger partial charge in [0.25, 0.3) is 5.91 Å². The molecular weight excluding hydrogens is 491 g/mol. The molecule has 0 saturated heterocycles. The lowest BCUT2D eigenvalue weighted by atomic mass is 10.2. The molecule has 4 rings (SSSR count). The lowest BCUT2D eigenvalue weighted by Gasteiger charge is -2.29. The van der Waals surface area contributed by atoms with Crippen LogP contribution in [0.3, 0.4) is 0 Å². The molecule has 14 heteroatoms. The van der Waals surface area contributed by atoms with E-state index in [0.29, 0.717) is 16.3 Å². The molecule has 1 aliphatic rings. The van der Waals surface area contributed by atoms with E-state index in [1.165, 1.54) is 28.9 Å². The van der Waals surface area contributed by atoms with Gasteiger partial charge in [0, 0.05) is 10.6 Å². The number of halogens is 4. The van der Waals surface area contributed by atoms with Crippen molar-refractivity contribution in [3.05, 3.63) is 76.8 Å². The Balaban J connectivity index is 1.66. The lowest BCUT2D eigenvalue weighted by molar-refractivity contribution is -0.212. The number of alkyl halides is 3. The number of aliphatic hydroxyl groups is 2. The molecule has 2 aromatic carbocycles. The SMILES string of the molecule is NC(=O)c1nc(CN2N=C(c3ccc(Cl)cc3)N(C[C@H](O)C(F)(F)F)C2O)nn1-c1ccccc1. The Morgan fingerprint density at radius 1 is 1.14 bits per heavy atom. The molecule has 0 bridgehead atoms. The Bertz CT molecular complexity index is 1240. The summed E-state index contributed by atoms with van der Waals surface area (Å²) < 4.78 is 40.4. The van der Waals surface area contributed by atoms with Crippen LogP contribution in [0.15, 0.2) is 59.7 Å². The van der Waals surface area contributed by atoms with E-state index in [2.05, 4.69) is 15.2 Å². The van der Waals surface area contributed by atoms with Crippen molar-refractivity contribution in [3.8, 4) is 5.69 Å². The fourth-order valence-corrected chi connectivity index (χ4v) is 3.51. The van der Waals surface area contributed by atoms with E-state index in [9.17, 15) is 28.2 Å². The number of hydrogen-bond acceptors (Lipinski definition) is 8. The summed E-state index contributed by atoms with van der Waals surface area (Å²) in [5, 5.41) is 30.3.